The summed E-state index contributed by atoms with van der Waals surface area (Å²) in [6.45, 7) is 3.70. The molecule has 0 aromatic heterocycles. The van der Waals surface area contributed by atoms with E-state index in [0.717, 1.165) is 38.0 Å². The fraction of sp³-hybridized carbons (Fsp3) is 0.619. The maximum atomic E-state index is 14.1. The van der Waals surface area contributed by atoms with Crippen LogP contribution in [0.5, 0.6) is 0 Å². The molecule has 31 heavy (non-hydrogen) atoms. The molecule has 2 fully saturated rings. The predicted molar refractivity (Wildman–Crippen MR) is 128 cm³/mol. The van der Waals surface area contributed by atoms with Crippen LogP contribution in [-0.2, 0) is 9.53 Å². The molecule has 1 aromatic rings. The molecule has 1 amide bonds. The zero-order valence-corrected chi connectivity index (χ0v) is 20.5. The highest BCUT2D eigenvalue weighted by molar-refractivity contribution is 14.0. The molecule has 2 aliphatic rings. The molecule has 10 heteroatoms. The van der Waals surface area contributed by atoms with Gasteiger partial charge < -0.3 is 24.8 Å². The lowest BCUT2D eigenvalue weighted by molar-refractivity contribution is -0.127. The summed E-state index contributed by atoms with van der Waals surface area (Å²) in [5.41, 5.74) is 0.277. The summed E-state index contributed by atoms with van der Waals surface area (Å²) in [7, 11) is 3.40. The van der Waals surface area contributed by atoms with Crippen LogP contribution in [0.15, 0.2) is 23.2 Å². The third kappa shape index (κ3) is 7.44. The molecule has 7 nitrogen and oxygen atoms in total. The molecule has 2 heterocycles. The topological polar surface area (TPSA) is 60.4 Å². The van der Waals surface area contributed by atoms with Crippen molar-refractivity contribution in [1.82, 2.24) is 15.1 Å². The minimum absolute atomic E-state index is 0. The molecular weight excluding hydrogens is 519 g/mol. The molecule has 0 saturated carbocycles. The van der Waals surface area contributed by atoms with E-state index in [-0.39, 0.29) is 48.2 Å². The molecule has 174 valence electrons. The van der Waals surface area contributed by atoms with E-state index in [0.29, 0.717) is 38.7 Å². The summed E-state index contributed by atoms with van der Waals surface area (Å²) in [5, 5.41) is 3.36. The molecule has 3 rings (SSSR count). The number of likely N-dealkylation sites (N-methyl/N-ethyl adjacent to an activating group) is 1. The van der Waals surface area contributed by atoms with Crippen LogP contribution >= 0.6 is 24.0 Å². The van der Waals surface area contributed by atoms with Crippen molar-refractivity contribution >= 4 is 41.5 Å². The normalized spacial score (nSPS) is 19.6. The number of amides is 1. The Hall–Kier alpha value is -1.69. The molecular formula is C21H32F2IN5O2. The molecule has 0 aliphatic carbocycles. The van der Waals surface area contributed by atoms with Gasteiger partial charge in [-0.05, 0) is 31.4 Å². The first kappa shape index (κ1) is 25.6. The Balaban J connectivity index is 0.00000341. The van der Waals surface area contributed by atoms with Gasteiger partial charge in [0.15, 0.2) is 5.96 Å². The Kier molecular flexibility index (Phi) is 10.2. The number of benzene rings is 1. The van der Waals surface area contributed by atoms with E-state index < -0.39 is 11.6 Å². The summed E-state index contributed by atoms with van der Waals surface area (Å²) in [4.78, 5) is 21.9. The number of halogens is 3. The molecule has 1 unspecified atom stereocenters. The van der Waals surface area contributed by atoms with E-state index in [1.807, 2.05) is 4.90 Å². The predicted octanol–water partition coefficient (Wildman–Crippen LogP) is 2.31. The minimum Gasteiger partial charge on any atom is -0.376 e. The fourth-order valence-corrected chi connectivity index (χ4v) is 3.61. The summed E-state index contributed by atoms with van der Waals surface area (Å²) in [5.74, 6) is -0.308. The highest BCUT2D eigenvalue weighted by Gasteiger charge is 2.23. The van der Waals surface area contributed by atoms with Gasteiger partial charge in [0.25, 0.3) is 0 Å². The second-order valence-corrected chi connectivity index (χ2v) is 7.87. The highest BCUT2D eigenvalue weighted by atomic mass is 127. The van der Waals surface area contributed by atoms with Crippen molar-refractivity contribution in [3.63, 3.8) is 0 Å². The van der Waals surface area contributed by atoms with Gasteiger partial charge in [-0.3, -0.25) is 4.79 Å². The van der Waals surface area contributed by atoms with Crippen molar-refractivity contribution in [3.8, 4) is 0 Å². The van der Waals surface area contributed by atoms with Crippen molar-refractivity contribution in [3.05, 3.63) is 29.8 Å². The zero-order chi connectivity index (χ0) is 21.5. The van der Waals surface area contributed by atoms with Crippen LogP contribution in [0, 0.1) is 11.6 Å². The Morgan fingerprint density at radius 2 is 1.97 bits per heavy atom. The van der Waals surface area contributed by atoms with Crippen LogP contribution in [0.25, 0.3) is 0 Å². The van der Waals surface area contributed by atoms with Crippen molar-refractivity contribution in [2.45, 2.75) is 25.4 Å². The molecule has 2 aliphatic heterocycles. The van der Waals surface area contributed by atoms with Gasteiger partial charge in [0, 0.05) is 59.5 Å². The summed E-state index contributed by atoms with van der Waals surface area (Å²) < 4.78 is 33.4. The average Bonchev–Trinajstić information content (AvgIpc) is 2.76. The van der Waals surface area contributed by atoms with E-state index in [2.05, 4.69) is 15.2 Å². The number of guanidine groups is 1. The van der Waals surface area contributed by atoms with Gasteiger partial charge in [-0.25, -0.2) is 13.8 Å². The number of rotatable bonds is 5. The summed E-state index contributed by atoms with van der Waals surface area (Å²) in [6, 6.07) is 3.51. The largest absolute Gasteiger partial charge is 0.376 e. The standard InChI is InChI=1S/C21H31F2N5O2.HI/c1-26(2)20(29)15-25-21(24-14-17-5-3-4-12-30-17)28-10-8-27(9-11-28)19-13-16(22)6-7-18(19)23;/h6-7,13,17H,3-5,8-12,14-15H2,1-2H3,(H,24,25);1H. The van der Waals surface area contributed by atoms with Crippen LogP contribution in [0.4, 0.5) is 14.5 Å². The quantitative estimate of drug-likeness (QED) is 0.346. The Morgan fingerprint density at radius 3 is 2.61 bits per heavy atom. The second kappa shape index (κ2) is 12.4. The molecule has 0 spiro atoms. The van der Waals surface area contributed by atoms with E-state index >= 15 is 0 Å². The second-order valence-electron chi connectivity index (χ2n) is 7.87. The average molecular weight is 551 g/mol. The molecule has 1 N–H and O–H groups in total. The maximum Gasteiger partial charge on any atom is 0.243 e. The number of carbonyl (C=O) groups is 1. The van der Waals surface area contributed by atoms with Crippen LogP contribution in [0.1, 0.15) is 19.3 Å². The molecule has 1 aromatic carbocycles. The number of nitrogens with one attached hydrogen (secondary N) is 1. The molecule has 1 atom stereocenters. The van der Waals surface area contributed by atoms with E-state index in [1.165, 1.54) is 11.0 Å². The monoisotopic (exact) mass is 551 g/mol. The van der Waals surface area contributed by atoms with Crippen molar-refractivity contribution in [1.29, 1.82) is 0 Å². The van der Waals surface area contributed by atoms with Gasteiger partial charge >= 0.3 is 0 Å². The first-order valence-electron chi connectivity index (χ1n) is 10.5. The number of aliphatic imine (C=N–C) groups is 1. The molecule has 0 bridgehead atoms. The molecule has 0 radical (unpaired) electrons. The van der Waals surface area contributed by atoms with Gasteiger partial charge in [0.1, 0.15) is 18.2 Å². The van der Waals surface area contributed by atoms with Gasteiger partial charge in [-0.15, -0.1) is 24.0 Å². The Bertz CT molecular complexity index is 751. The summed E-state index contributed by atoms with van der Waals surface area (Å²) >= 11 is 0. The number of hydrogen-bond donors (Lipinski definition) is 1. The lowest BCUT2D eigenvalue weighted by atomic mass is 10.1. The van der Waals surface area contributed by atoms with Crippen LogP contribution < -0.4 is 10.2 Å². The fourth-order valence-electron chi connectivity index (χ4n) is 3.61. The Morgan fingerprint density at radius 1 is 1.23 bits per heavy atom. The van der Waals surface area contributed by atoms with E-state index in [4.69, 9.17) is 4.74 Å². The number of carbonyl (C=O) groups excluding carboxylic acids is 1. The lowest BCUT2D eigenvalue weighted by Gasteiger charge is -2.38. The third-order valence-electron chi connectivity index (χ3n) is 5.45. The SMILES string of the molecule is CN(C)C(=O)CN=C(NCC1CCCCO1)N1CCN(c2cc(F)ccc2F)CC1.I. The van der Waals surface area contributed by atoms with E-state index in [9.17, 15) is 13.6 Å². The summed E-state index contributed by atoms with van der Waals surface area (Å²) in [6.07, 6.45) is 3.38. The zero-order valence-electron chi connectivity index (χ0n) is 18.1. The minimum atomic E-state index is -0.451. The third-order valence-corrected chi connectivity index (χ3v) is 5.45. The van der Waals surface area contributed by atoms with Crippen LogP contribution in [-0.4, -0.2) is 87.7 Å². The Labute approximate surface area is 199 Å². The number of piperazine rings is 1. The van der Waals surface area contributed by atoms with Crippen molar-refractivity contribution < 1.29 is 18.3 Å². The maximum absolute atomic E-state index is 14.1. The first-order chi connectivity index (χ1) is 14.4. The molecule has 2 saturated heterocycles. The first-order valence-corrected chi connectivity index (χ1v) is 10.5. The number of ether oxygens (including phenoxy) is 1. The number of nitrogens with zero attached hydrogens (tertiary/aromatic N) is 4. The lowest BCUT2D eigenvalue weighted by Crippen LogP contribution is -2.54. The number of anilines is 1. The van der Waals surface area contributed by atoms with Gasteiger partial charge in [0.05, 0.1) is 11.8 Å². The van der Waals surface area contributed by atoms with Crippen LogP contribution in [0.2, 0.25) is 0 Å². The number of hydrogen-bond acceptors (Lipinski definition) is 4. The van der Waals surface area contributed by atoms with E-state index in [1.54, 1.807) is 14.1 Å². The smallest absolute Gasteiger partial charge is 0.243 e. The van der Waals surface area contributed by atoms with Crippen molar-refractivity contribution in [2.75, 3.05) is 64.9 Å². The van der Waals surface area contributed by atoms with Crippen LogP contribution in [0.3, 0.4) is 0 Å². The highest BCUT2D eigenvalue weighted by Crippen LogP contribution is 2.22. The van der Waals surface area contributed by atoms with Gasteiger partial charge in [-0.2, -0.15) is 0 Å². The van der Waals surface area contributed by atoms with Crippen molar-refractivity contribution in [2.24, 2.45) is 4.99 Å². The van der Waals surface area contributed by atoms with Gasteiger partial charge in [0.2, 0.25) is 5.91 Å². The van der Waals surface area contributed by atoms with Gasteiger partial charge in [-0.1, -0.05) is 0 Å².